The fourth-order valence-corrected chi connectivity index (χ4v) is 4.25. The van der Waals surface area contributed by atoms with Gasteiger partial charge in [0.25, 0.3) is 0 Å². The van der Waals surface area contributed by atoms with Gasteiger partial charge in [-0.1, -0.05) is 54.6 Å². The predicted molar refractivity (Wildman–Crippen MR) is 117 cm³/mol. The molecule has 156 valence electrons. The first kappa shape index (κ1) is 19.1. The van der Waals surface area contributed by atoms with Crippen LogP contribution in [0.1, 0.15) is 24.8 Å². The highest BCUT2D eigenvalue weighted by Crippen LogP contribution is 2.42. The Bertz CT molecular complexity index is 1250. The van der Waals surface area contributed by atoms with Gasteiger partial charge in [-0.25, -0.2) is 14.3 Å². The van der Waals surface area contributed by atoms with E-state index >= 15 is 0 Å². The highest BCUT2D eigenvalue weighted by molar-refractivity contribution is 5.81. The maximum atomic E-state index is 11.3. The summed E-state index contributed by atoms with van der Waals surface area (Å²) in [6.45, 7) is 0. The van der Waals surface area contributed by atoms with Crippen molar-refractivity contribution in [3.05, 3.63) is 72.3 Å². The van der Waals surface area contributed by atoms with Gasteiger partial charge in [-0.2, -0.15) is 0 Å². The van der Waals surface area contributed by atoms with E-state index < -0.39 is 11.6 Å². The number of benzene rings is 2. The average molecular weight is 414 g/mol. The summed E-state index contributed by atoms with van der Waals surface area (Å²) in [5.74, 6) is 0.510. The lowest BCUT2D eigenvalue weighted by Gasteiger charge is -2.42. The molecule has 5 rings (SSSR count). The predicted octanol–water partition coefficient (Wildman–Crippen LogP) is 4.72. The maximum absolute atomic E-state index is 11.3. The summed E-state index contributed by atoms with van der Waals surface area (Å²) in [5.41, 5.74) is 4.85. The Morgan fingerprint density at radius 2 is 1.77 bits per heavy atom. The lowest BCUT2D eigenvalue weighted by atomic mass is 9.72. The molecule has 1 aliphatic carbocycles. The van der Waals surface area contributed by atoms with E-state index in [1.54, 1.807) is 17.7 Å². The third-order valence-corrected chi connectivity index (χ3v) is 5.97. The molecular weight excluding hydrogens is 392 g/mol. The third kappa shape index (κ3) is 3.28. The van der Waals surface area contributed by atoms with Crippen molar-refractivity contribution in [2.75, 3.05) is 7.11 Å². The third-order valence-electron chi connectivity index (χ3n) is 5.97. The minimum absolute atomic E-state index is 0.486. The molecule has 0 atom stereocenters. The van der Waals surface area contributed by atoms with Crippen LogP contribution in [0.15, 0.2) is 66.7 Å². The van der Waals surface area contributed by atoms with E-state index in [0.717, 1.165) is 53.0 Å². The van der Waals surface area contributed by atoms with E-state index in [9.17, 15) is 9.90 Å². The molecule has 0 spiro atoms. The van der Waals surface area contributed by atoms with Crippen molar-refractivity contribution in [3.63, 3.8) is 0 Å². The Labute approximate surface area is 179 Å². The fourth-order valence-electron chi connectivity index (χ4n) is 4.25. The number of carbonyl (C=O) groups is 1. The van der Waals surface area contributed by atoms with Crippen LogP contribution in [0.2, 0.25) is 0 Å². The second-order valence-corrected chi connectivity index (χ2v) is 7.76. The molecule has 0 aliphatic heterocycles. The standard InChI is InChI=1S/C24H22N4O3/c1-31-20-13-12-19-25-21(22(28(19)27-20)17-6-3-2-4-7-17)16-8-10-18(11-9-16)24(14-5-15-24)26-23(29)30/h2-4,6-13,26H,5,14-15H2,1H3,(H,29,30). The molecule has 2 aromatic carbocycles. The lowest BCUT2D eigenvalue weighted by Crippen LogP contribution is -2.50. The van der Waals surface area contributed by atoms with Crippen LogP contribution in [-0.2, 0) is 5.54 Å². The van der Waals surface area contributed by atoms with Gasteiger partial charge in [0, 0.05) is 17.2 Å². The summed E-state index contributed by atoms with van der Waals surface area (Å²) in [6.07, 6.45) is 1.65. The molecule has 2 aromatic heterocycles. The molecule has 1 fully saturated rings. The molecule has 1 aliphatic rings. The second kappa shape index (κ2) is 7.43. The fraction of sp³-hybridized carbons (Fsp3) is 0.208. The summed E-state index contributed by atoms with van der Waals surface area (Å²) >= 11 is 0. The monoisotopic (exact) mass is 414 g/mol. The number of hydrogen-bond donors (Lipinski definition) is 2. The van der Waals surface area contributed by atoms with Gasteiger partial charge in [0.05, 0.1) is 18.3 Å². The zero-order valence-electron chi connectivity index (χ0n) is 17.1. The smallest absolute Gasteiger partial charge is 0.405 e. The van der Waals surface area contributed by atoms with Crippen molar-refractivity contribution < 1.29 is 14.6 Å². The zero-order chi connectivity index (χ0) is 21.4. The number of rotatable bonds is 5. The number of fused-ring (bicyclic) bond motifs is 1. The number of hydrogen-bond acceptors (Lipinski definition) is 4. The number of imidazole rings is 1. The SMILES string of the molecule is COc1ccc2nc(-c3ccc(C4(NC(=O)O)CCC4)cc3)c(-c3ccccc3)n2n1. The van der Waals surface area contributed by atoms with Crippen molar-refractivity contribution in [2.45, 2.75) is 24.8 Å². The summed E-state index contributed by atoms with van der Waals surface area (Å²) in [6, 6.07) is 21.7. The van der Waals surface area contributed by atoms with E-state index in [1.165, 1.54) is 0 Å². The molecule has 1 amide bonds. The largest absolute Gasteiger partial charge is 0.480 e. The number of ether oxygens (including phenoxy) is 1. The summed E-state index contributed by atoms with van der Waals surface area (Å²) in [4.78, 5) is 16.1. The van der Waals surface area contributed by atoms with Gasteiger partial charge in [0.15, 0.2) is 5.65 Å². The number of methoxy groups -OCH3 is 1. The van der Waals surface area contributed by atoms with Crippen LogP contribution in [0.5, 0.6) is 5.88 Å². The summed E-state index contributed by atoms with van der Waals surface area (Å²) in [7, 11) is 1.59. The van der Waals surface area contributed by atoms with E-state index in [-0.39, 0.29) is 0 Å². The van der Waals surface area contributed by atoms with Crippen LogP contribution in [0.4, 0.5) is 4.79 Å². The molecular formula is C24H22N4O3. The summed E-state index contributed by atoms with van der Waals surface area (Å²) in [5, 5.41) is 16.6. The van der Waals surface area contributed by atoms with Crippen molar-refractivity contribution >= 4 is 11.7 Å². The topological polar surface area (TPSA) is 88.8 Å². The first-order valence-electron chi connectivity index (χ1n) is 10.2. The number of carboxylic acid groups (broad SMARTS) is 1. The summed E-state index contributed by atoms with van der Waals surface area (Å²) < 4.78 is 7.12. The van der Waals surface area contributed by atoms with E-state index in [0.29, 0.717) is 5.88 Å². The second-order valence-electron chi connectivity index (χ2n) is 7.76. The van der Waals surface area contributed by atoms with E-state index in [2.05, 4.69) is 10.4 Å². The van der Waals surface area contributed by atoms with Crippen LogP contribution in [-0.4, -0.2) is 32.9 Å². The molecule has 0 unspecified atom stereocenters. The van der Waals surface area contributed by atoms with Crippen molar-refractivity contribution in [1.82, 2.24) is 19.9 Å². The number of aromatic nitrogens is 3. The quantitative estimate of drug-likeness (QED) is 0.493. The van der Waals surface area contributed by atoms with Crippen LogP contribution < -0.4 is 10.1 Å². The first-order valence-corrected chi connectivity index (χ1v) is 10.2. The van der Waals surface area contributed by atoms with Gasteiger partial charge in [-0.05, 0) is 30.9 Å². The maximum Gasteiger partial charge on any atom is 0.405 e. The lowest BCUT2D eigenvalue weighted by molar-refractivity contribution is 0.144. The highest BCUT2D eigenvalue weighted by Gasteiger charge is 2.40. The minimum atomic E-state index is -0.990. The average Bonchev–Trinajstić information content (AvgIpc) is 3.15. The Morgan fingerprint density at radius 3 is 2.39 bits per heavy atom. The number of nitrogens with zero attached hydrogens (tertiary/aromatic N) is 3. The van der Waals surface area contributed by atoms with Crippen molar-refractivity contribution in [2.24, 2.45) is 0 Å². The Hall–Kier alpha value is -3.87. The first-order chi connectivity index (χ1) is 15.1. The molecule has 7 heteroatoms. The van der Waals surface area contributed by atoms with Crippen molar-refractivity contribution in [1.29, 1.82) is 0 Å². The molecule has 0 saturated heterocycles. The van der Waals surface area contributed by atoms with Gasteiger partial charge in [-0.3, -0.25) is 0 Å². The van der Waals surface area contributed by atoms with Crippen LogP contribution in [0.3, 0.4) is 0 Å². The molecule has 0 bridgehead atoms. The van der Waals surface area contributed by atoms with Crippen LogP contribution >= 0.6 is 0 Å². The molecule has 4 aromatic rings. The van der Waals surface area contributed by atoms with Crippen LogP contribution in [0, 0.1) is 0 Å². The highest BCUT2D eigenvalue weighted by atomic mass is 16.5. The Morgan fingerprint density at radius 1 is 1.03 bits per heavy atom. The molecule has 31 heavy (non-hydrogen) atoms. The van der Waals surface area contributed by atoms with Crippen molar-refractivity contribution in [3.8, 4) is 28.4 Å². The van der Waals surface area contributed by atoms with Gasteiger partial charge in [-0.15, -0.1) is 5.10 Å². The molecule has 0 radical (unpaired) electrons. The molecule has 2 heterocycles. The Kier molecular flexibility index (Phi) is 4.58. The van der Waals surface area contributed by atoms with Gasteiger partial charge in [0.1, 0.15) is 5.69 Å². The molecule has 7 nitrogen and oxygen atoms in total. The Balaban J connectivity index is 1.62. The van der Waals surface area contributed by atoms with Crippen LogP contribution in [0.25, 0.3) is 28.2 Å². The van der Waals surface area contributed by atoms with Gasteiger partial charge in [0.2, 0.25) is 5.88 Å². The number of nitrogens with one attached hydrogen (secondary N) is 1. The molecule has 2 N–H and O–H groups in total. The van der Waals surface area contributed by atoms with Gasteiger partial charge >= 0.3 is 6.09 Å². The van der Waals surface area contributed by atoms with E-state index in [4.69, 9.17) is 9.72 Å². The minimum Gasteiger partial charge on any atom is -0.480 e. The van der Waals surface area contributed by atoms with Gasteiger partial charge < -0.3 is 15.2 Å². The molecule has 1 saturated carbocycles. The number of amides is 1. The van der Waals surface area contributed by atoms with E-state index in [1.807, 2.05) is 60.7 Å². The zero-order valence-corrected chi connectivity index (χ0v) is 17.1. The normalized spacial score (nSPS) is 14.7.